The Labute approximate surface area is 103 Å². The Morgan fingerprint density at radius 2 is 1.65 bits per heavy atom. The molecule has 2 aromatic carbocycles. The third-order valence-corrected chi connectivity index (χ3v) is 3.06. The SMILES string of the molecule is CCC(N)Cc1cccc(-c2ccccc2)c1. The summed E-state index contributed by atoms with van der Waals surface area (Å²) >= 11 is 0. The minimum Gasteiger partial charge on any atom is -0.327 e. The van der Waals surface area contributed by atoms with Crippen LogP contribution in [0.25, 0.3) is 11.1 Å². The van der Waals surface area contributed by atoms with Crippen molar-refractivity contribution in [2.75, 3.05) is 0 Å². The monoisotopic (exact) mass is 225 g/mol. The summed E-state index contributed by atoms with van der Waals surface area (Å²) in [6.07, 6.45) is 1.98. The van der Waals surface area contributed by atoms with Gasteiger partial charge >= 0.3 is 0 Å². The molecule has 0 aliphatic carbocycles. The minimum atomic E-state index is 0.265. The first kappa shape index (κ1) is 11.9. The summed E-state index contributed by atoms with van der Waals surface area (Å²) in [6.45, 7) is 2.13. The fourth-order valence-electron chi connectivity index (χ4n) is 1.96. The van der Waals surface area contributed by atoms with Crippen LogP contribution in [0.3, 0.4) is 0 Å². The van der Waals surface area contributed by atoms with Crippen LogP contribution in [-0.2, 0) is 6.42 Å². The number of benzene rings is 2. The van der Waals surface area contributed by atoms with Gasteiger partial charge in [-0.05, 0) is 29.5 Å². The van der Waals surface area contributed by atoms with Crippen LogP contribution in [0.4, 0.5) is 0 Å². The van der Waals surface area contributed by atoms with Crippen LogP contribution in [0.15, 0.2) is 54.6 Å². The van der Waals surface area contributed by atoms with Gasteiger partial charge in [0.05, 0.1) is 0 Å². The second kappa shape index (κ2) is 5.65. The second-order valence-corrected chi connectivity index (χ2v) is 4.44. The lowest BCUT2D eigenvalue weighted by atomic mass is 9.99. The molecular weight excluding hydrogens is 206 g/mol. The molecule has 0 spiro atoms. The summed E-state index contributed by atoms with van der Waals surface area (Å²) in [6, 6.07) is 19.4. The van der Waals surface area contributed by atoms with E-state index in [1.807, 2.05) is 6.07 Å². The Morgan fingerprint density at radius 3 is 2.35 bits per heavy atom. The van der Waals surface area contributed by atoms with Crippen LogP contribution in [0.5, 0.6) is 0 Å². The largest absolute Gasteiger partial charge is 0.327 e. The van der Waals surface area contributed by atoms with Crippen molar-refractivity contribution in [2.45, 2.75) is 25.8 Å². The van der Waals surface area contributed by atoms with Gasteiger partial charge in [0.25, 0.3) is 0 Å². The molecule has 0 aliphatic rings. The second-order valence-electron chi connectivity index (χ2n) is 4.44. The highest BCUT2D eigenvalue weighted by molar-refractivity contribution is 5.63. The molecule has 1 heteroatoms. The van der Waals surface area contributed by atoms with Gasteiger partial charge in [0.15, 0.2) is 0 Å². The number of hydrogen-bond donors (Lipinski definition) is 1. The van der Waals surface area contributed by atoms with Crippen molar-refractivity contribution in [3.8, 4) is 11.1 Å². The van der Waals surface area contributed by atoms with E-state index in [1.165, 1.54) is 16.7 Å². The first-order valence-electron chi connectivity index (χ1n) is 6.19. The summed E-state index contributed by atoms with van der Waals surface area (Å²) in [5.74, 6) is 0. The highest BCUT2D eigenvalue weighted by Gasteiger charge is 2.03. The van der Waals surface area contributed by atoms with E-state index in [2.05, 4.69) is 55.5 Å². The van der Waals surface area contributed by atoms with Crippen LogP contribution >= 0.6 is 0 Å². The van der Waals surface area contributed by atoms with Crippen molar-refractivity contribution in [2.24, 2.45) is 5.73 Å². The molecule has 0 heterocycles. The van der Waals surface area contributed by atoms with Gasteiger partial charge in [0.2, 0.25) is 0 Å². The van der Waals surface area contributed by atoms with Gasteiger partial charge in [0, 0.05) is 6.04 Å². The van der Waals surface area contributed by atoms with Gasteiger partial charge in [-0.1, -0.05) is 61.5 Å². The Hall–Kier alpha value is -1.60. The van der Waals surface area contributed by atoms with E-state index in [-0.39, 0.29) is 6.04 Å². The van der Waals surface area contributed by atoms with E-state index in [0.717, 1.165) is 12.8 Å². The standard InChI is InChI=1S/C16H19N/c1-2-16(17)12-13-7-6-10-15(11-13)14-8-4-3-5-9-14/h3-11,16H,2,12,17H2,1H3. The van der Waals surface area contributed by atoms with Crippen molar-refractivity contribution in [1.29, 1.82) is 0 Å². The highest BCUT2D eigenvalue weighted by Crippen LogP contribution is 2.20. The number of nitrogens with two attached hydrogens (primary N) is 1. The molecule has 0 aliphatic heterocycles. The van der Waals surface area contributed by atoms with E-state index < -0.39 is 0 Å². The summed E-state index contributed by atoms with van der Waals surface area (Å²) in [7, 11) is 0. The zero-order chi connectivity index (χ0) is 12.1. The molecule has 88 valence electrons. The number of rotatable bonds is 4. The molecule has 0 radical (unpaired) electrons. The minimum absolute atomic E-state index is 0.265. The molecule has 0 saturated carbocycles. The summed E-state index contributed by atoms with van der Waals surface area (Å²) in [5, 5.41) is 0. The quantitative estimate of drug-likeness (QED) is 0.844. The Morgan fingerprint density at radius 1 is 0.941 bits per heavy atom. The van der Waals surface area contributed by atoms with Crippen molar-refractivity contribution in [3.05, 3.63) is 60.2 Å². The maximum absolute atomic E-state index is 5.99. The normalized spacial score (nSPS) is 12.4. The van der Waals surface area contributed by atoms with E-state index in [9.17, 15) is 0 Å². The van der Waals surface area contributed by atoms with Gasteiger partial charge in [-0.3, -0.25) is 0 Å². The van der Waals surface area contributed by atoms with E-state index in [1.54, 1.807) is 0 Å². The molecule has 0 amide bonds. The molecule has 0 bridgehead atoms. The molecule has 0 aromatic heterocycles. The van der Waals surface area contributed by atoms with E-state index in [0.29, 0.717) is 0 Å². The maximum Gasteiger partial charge on any atom is 0.00767 e. The fourth-order valence-corrected chi connectivity index (χ4v) is 1.96. The van der Waals surface area contributed by atoms with Gasteiger partial charge in [-0.25, -0.2) is 0 Å². The summed E-state index contributed by atoms with van der Waals surface area (Å²) < 4.78 is 0. The Balaban J connectivity index is 2.23. The molecule has 0 saturated heterocycles. The fraction of sp³-hybridized carbons (Fsp3) is 0.250. The molecular formula is C16H19N. The van der Waals surface area contributed by atoms with Crippen LogP contribution < -0.4 is 5.73 Å². The average molecular weight is 225 g/mol. The lowest BCUT2D eigenvalue weighted by Gasteiger charge is -2.10. The van der Waals surface area contributed by atoms with Crippen LogP contribution in [0.2, 0.25) is 0 Å². The molecule has 1 nitrogen and oxygen atoms in total. The third kappa shape index (κ3) is 3.18. The first-order valence-corrected chi connectivity index (χ1v) is 6.19. The molecule has 0 fully saturated rings. The zero-order valence-corrected chi connectivity index (χ0v) is 10.3. The lowest BCUT2D eigenvalue weighted by Crippen LogP contribution is -2.21. The predicted molar refractivity (Wildman–Crippen MR) is 73.8 cm³/mol. The van der Waals surface area contributed by atoms with Crippen LogP contribution in [-0.4, -0.2) is 6.04 Å². The summed E-state index contributed by atoms with van der Waals surface area (Å²) in [5.41, 5.74) is 9.85. The van der Waals surface area contributed by atoms with Gasteiger partial charge in [-0.15, -0.1) is 0 Å². The highest BCUT2D eigenvalue weighted by atomic mass is 14.6. The van der Waals surface area contributed by atoms with Crippen molar-refractivity contribution in [1.82, 2.24) is 0 Å². The average Bonchev–Trinajstić information content (AvgIpc) is 2.40. The topological polar surface area (TPSA) is 26.0 Å². The van der Waals surface area contributed by atoms with Crippen LogP contribution in [0.1, 0.15) is 18.9 Å². The molecule has 17 heavy (non-hydrogen) atoms. The molecule has 1 atom stereocenters. The Kier molecular flexibility index (Phi) is 3.94. The first-order chi connectivity index (χ1) is 8.29. The van der Waals surface area contributed by atoms with Crippen molar-refractivity contribution in [3.63, 3.8) is 0 Å². The van der Waals surface area contributed by atoms with Crippen molar-refractivity contribution >= 4 is 0 Å². The van der Waals surface area contributed by atoms with Crippen LogP contribution in [0, 0.1) is 0 Å². The smallest absolute Gasteiger partial charge is 0.00767 e. The predicted octanol–water partition coefficient (Wildman–Crippen LogP) is 3.63. The molecule has 2 N–H and O–H groups in total. The Bertz CT molecular complexity index is 462. The van der Waals surface area contributed by atoms with Gasteiger partial charge < -0.3 is 5.73 Å². The van der Waals surface area contributed by atoms with Gasteiger partial charge in [0.1, 0.15) is 0 Å². The summed E-state index contributed by atoms with van der Waals surface area (Å²) in [4.78, 5) is 0. The third-order valence-electron chi connectivity index (χ3n) is 3.06. The zero-order valence-electron chi connectivity index (χ0n) is 10.3. The molecule has 1 unspecified atom stereocenters. The number of hydrogen-bond acceptors (Lipinski definition) is 1. The molecule has 2 rings (SSSR count). The van der Waals surface area contributed by atoms with Gasteiger partial charge in [-0.2, -0.15) is 0 Å². The maximum atomic E-state index is 5.99. The lowest BCUT2D eigenvalue weighted by molar-refractivity contribution is 0.646. The molecule has 2 aromatic rings. The van der Waals surface area contributed by atoms with E-state index >= 15 is 0 Å². The van der Waals surface area contributed by atoms with E-state index in [4.69, 9.17) is 5.73 Å². The van der Waals surface area contributed by atoms with Crippen molar-refractivity contribution < 1.29 is 0 Å².